The second-order valence-electron chi connectivity index (χ2n) is 19.7. The molecule has 0 aliphatic carbocycles. The predicted octanol–water partition coefficient (Wildman–Crippen LogP) is 19.1. The lowest BCUT2D eigenvalue weighted by molar-refractivity contribution is -0.161. The van der Waals surface area contributed by atoms with E-state index in [2.05, 4.69) is 26.0 Å². The summed E-state index contributed by atoms with van der Waals surface area (Å²) in [5.41, 5.74) is 0. The number of hydrogen-bond donors (Lipinski definition) is 1. The summed E-state index contributed by atoms with van der Waals surface area (Å²) in [6.07, 6.45) is 67.7. The zero-order chi connectivity index (χ0) is 45.6. The number of aliphatic hydroxyl groups is 1. The van der Waals surface area contributed by atoms with Crippen molar-refractivity contribution in [1.29, 1.82) is 0 Å². The Morgan fingerprint density at radius 3 is 0.857 bits per heavy atom. The van der Waals surface area contributed by atoms with Crippen LogP contribution in [-0.4, -0.2) is 36.4 Å². The maximum atomic E-state index is 12.3. The molecule has 0 spiro atoms. The first kappa shape index (κ1) is 61.6. The van der Waals surface area contributed by atoms with Crippen molar-refractivity contribution in [2.45, 2.75) is 335 Å². The van der Waals surface area contributed by atoms with Crippen LogP contribution in [0.3, 0.4) is 0 Å². The minimum atomic E-state index is -0.768. The lowest BCUT2D eigenvalue weighted by Crippen LogP contribution is -2.28. The van der Waals surface area contributed by atoms with Crippen molar-refractivity contribution >= 4 is 11.9 Å². The van der Waals surface area contributed by atoms with Crippen LogP contribution in [0.4, 0.5) is 0 Å². The van der Waals surface area contributed by atoms with Gasteiger partial charge in [-0.05, 0) is 38.5 Å². The molecule has 0 saturated heterocycles. The van der Waals surface area contributed by atoms with Crippen LogP contribution in [0, 0.1) is 0 Å². The summed E-state index contributed by atoms with van der Waals surface area (Å²) in [5.74, 6) is -0.571. The van der Waals surface area contributed by atoms with Crippen molar-refractivity contribution in [3.63, 3.8) is 0 Å². The maximum Gasteiger partial charge on any atom is 0.306 e. The van der Waals surface area contributed by atoms with Crippen LogP contribution in [0.2, 0.25) is 0 Å². The Morgan fingerprint density at radius 2 is 0.587 bits per heavy atom. The maximum absolute atomic E-state index is 12.3. The van der Waals surface area contributed by atoms with E-state index in [9.17, 15) is 14.7 Å². The van der Waals surface area contributed by atoms with Crippen molar-refractivity contribution in [3.8, 4) is 0 Å². The summed E-state index contributed by atoms with van der Waals surface area (Å²) < 4.78 is 10.7. The Hall–Kier alpha value is -1.36. The second-order valence-corrected chi connectivity index (χ2v) is 19.7. The number of unbranched alkanes of at least 4 members (excludes halogenated alkanes) is 44. The number of carbonyl (C=O) groups excluding carboxylic acids is 2. The standard InChI is InChI=1S/C58H112O5/c1-3-5-7-9-11-13-15-17-19-21-23-25-26-27-28-29-30-31-33-34-36-38-40-42-44-46-48-50-52-57(60)62-55-56(54-59)63-58(61)53-51-49-47-45-43-41-39-37-35-32-24-22-20-18-16-14-12-10-8-6-4-2/h22,24,56,59H,3-21,23,25-55H2,1-2H3/b24-22-. The van der Waals surface area contributed by atoms with Crippen LogP contribution in [0.1, 0.15) is 328 Å². The van der Waals surface area contributed by atoms with Gasteiger partial charge >= 0.3 is 11.9 Å². The highest BCUT2D eigenvalue weighted by Gasteiger charge is 2.16. The van der Waals surface area contributed by atoms with Crippen LogP contribution in [0.5, 0.6) is 0 Å². The van der Waals surface area contributed by atoms with Crippen molar-refractivity contribution in [3.05, 3.63) is 12.2 Å². The van der Waals surface area contributed by atoms with Gasteiger partial charge in [-0.3, -0.25) is 9.59 Å². The molecule has 0 aromatic rings. The van der Waals surface area contributed by atoms with E-state index in [4.69, 9.17) is 9.47 Å². The van der Waals surface area contributed by atoms with Crippen LogP contribution >= 0.6 is 0 Å². The highest BCUT2D eigenvalue weighted by Crippen LogP contribution is 2.18. The molecule has 63 heavy (non-hydrogen) atoms. The number of aliphatic hydroxyl groups excluding tert-OH is 1. The van der Waals surface area contributed by atoms with E-state index >= 15 is 0 Å². The minimum absolute atomic E-state index is 0.0593. The van der Waals surface area contributed by atoms with Gasteiger partial charge in [0.25, 0.3) is 0 Å². The van der Waals surface area contributed by atoms with Gasteiger partial charge in [-0.15, -0.1) is 0 Å². The Labute approximate surface area is 394 Å². The average molecular weight is 890 g/mol. The van der Waals surface area contributed by atoms with Crippen molar-refractivity contribution in [1.82, 2.24) is 0 Å². The van der Waals surface area contributed by atoms with E-state index in [0.29, 0.717) is 12.8 Å². The van der Waals surface area contributed by atoms with E-state index in [-0.39, 0.29) is 25.2 Å². The molecule has 1 atom stereocenters. The number of hydrogen-bond acceptors (Lipinski definition) is 5. The largest absolute Gasteiger partial charge is 0.462 e. The monoisotopic (exact) mass is 889 g/mol. The van der Waals surface area contributed by atoms with Crippen molar-refractivity contribution in [2.24, 2.45) is 0 Å². The Morgan fingerprint density at radius 1 is 0.349 bits per heavy atom. The predicted molar refractivity (Wildman–Crippen MR) is 275 cm³/mol. The summed E-state index contributed by atoms with van der Waals surface area (Å²) in [5, 5.41) is 9.65. The average Bonchev–Trinajstić information content (AvgIpc) is 3.29. The normalized spacial score (nSPS) is 12.1. The third-order valence-electron chi connectivity index (χ3n) is 13.3. The molecule has 0 amide bonds. The number of ether oxygens (including phenoxy) is 2. The molecule has 0 fully saturated rings. The van der Waals surface area contributed by atoms with Crippen LogP contribution < -0.4 is 0 Å². The van der Waals surface area contributed by atoms with Gasteiger partial charge in [0, 0.05) is 12.8 Å². The number of carbonyl (C=O) groups is 2. The van der Waals surface area contributed by atoms with Crippen molar-refractivity contribution < 1.29 is 24.2 Å². The van der Waals surface area contributed by atoms with E-state index in [1.165, 1.54) is 270 Å². The molecule has 0 heterocycles. The fourth-order valence-electron chi connectivity index (χ4n) is 8.97. The lowest BCUT2D eigenvalue weighted by atomic mass is 10.0. The van der Waals surface area contributed by atoms with Gasteiger partial charge in [-0.2, -0.15) is 0 Å². The van der Waals surface area contributed by atoms with E-state index in [1.54, 1.807) is 0 Å². The summed E-state index contributed by atoms with van der Waals surface area (Å²) in [7, 11) is 0. The Balaban J connectivity index is 3.40. The summed E-state index contributed by atoms with van der Waals surface area (Å²) in [6, 6.07) is 0. The van der Waals surface area contributed by atoms with Gasteiger partial charge in [0.1, 0.15) is 6.61 Å². The molecule has 0 aromatic heterocycles. The van der Waals surface area contributed by atoms with Gasteiger partial charge in [0.15, 0.2) is 6.10 Å². The third-order valence-corrected chi connectivity index (χ3v) is 13.3. The van der Waals surface area contributed by atoms with Gasteiger partial charge in [0.05, 0.1) is 6.61 Å². The molecule has 0 bridgehead atoms. The molecule has 0 saturated carbocycles. The fourth-order valence-corrected chi connectivity index (χ4v) is 8.97. The first-order chi connectivity index (χ1) is 31.1. The summed E-state index contributed by atoms with van der Waals surface area (Å²) in [6.45, 7) is 4.20. The van der Waals surface area contributed by atoms with Crippen molar-refractivity contribution in [2.75, 3.05) is 13.2 Å². The van der Waals surface area contributed by atoms with Crippen LogP contribution in [-0.2, 0) is 19.1 Å². The first-order valence-electron chi connectivity index (χ1n) is 28.7. The number of rotatable bonds is 54. The van der Waals surface area contributed by atoms with Gasteiger partial charge in [0.2, 0.25) is 0 Å². The molecule has 0 radical (unpaired) electrons. The van der Waals surface area contributed by atoms with E-state index < -0.39 is 6.10 Å². The first-order valence-corrected chi connectivity index (χ1v) is 28.7. The number of allylic oxidation sites excluding steroid dienone is 2. The molecule has 0 aliphatic rings. The molecule has 374 valence electrons. The molecule has 0 aliphatic heterocycles. The second kappa shape index (κ2) is 55.0. The zero-order valence-corrected chi connectivity index (χ0v) is 42.9. The lowest BCUT2D eigenvalue weighted by Gasteiger charge is -2.15. The van der Waals surface area contributed by atoms with Crippen LogP contribution in [0.25, 0.3) is 0 Å². The van der Waals surface area contributed by atoms with E-state index in [0.717, 1.165) is 32.1 Å². The molecule has 1 N–H and O–H groups in total. The SMILES string of the molecule is CCCCCCCCCC/C=C\CCCCCCCCCCCC(=O)OC(CO)COC(=O)CCCCCCCCCCCCCCCCCCCCCCCCCCCCCC. The van der Waals surface area contributed by atoms with Gasteiger partial charge < -0.3 is 14.6 Å². The molecular formula is C58H112O5. The molecular weight excluding hydrogens is 777 g/mol. The summed E-state index contributed by atoms with van der Waals surface area (Å²) in [4.78, 5) is 24.5. The van der Waals surface area contributed by atoms with Gasteiger partial charge in [-0.25, -0.2) is 0 Å². The van der Waals surface area contributed by atoms with Crippen LogP contribution in [0.15, 0.2) is 12.2 Å². The Kier molecular flexibility index (Phi) is 53.8. The quantitative estimate of drug-likeness (QED) is 0.0374. The fraction of sp³-hybridized carbons (Fsp3) is 0.931. The minimum Gasteiger partial charge on any atom is -0.462 e. The topological polar surface area (TPSA) is 72.8 Å². The number of esters is 2. The molecule has 5 heteroatoms. The van der Waals surface area contributed by atoms with Gasteiger partial charge in [-0.1, -0.05) is 289 Å². The highest BCUT2D eigenvalue weighted by molar-refractivity contribution is 5.70. The van der Waals surface area contributed by atoms with E-state index in [1.807, 2.05) is 0 Å². The summed E-state index contributed by atoms with van der Waals surface area (Å²) >= 11 is 0. The molecule has 0 rings (SSSR count). The molecule has 1 unspecified atom stereocenters. The molecule has 0 aromatic carbocycles. The third kappa shape index (κ3) is 53.1. The smallest absolute Gasteiger partial charge is 0.306 e. The molecule has 5 nitrogen and oxygen atoms in total. The Bertz CT molecular complexity index is 917. The highest BCUT2D eigenvalue weighted by atomic mass is 16.6. The zero-order valence-electron chi connectivity index (χ0n) is 42.9.